The van der Waals surface area contributed by atoms with Gasteiger partial charge in [0.1, 0.15) is 47.5 Å². The monoisotopic (exact) mass is 1050 g/mol. The molecule has 0 unspecified atom stereocenters. The van der Waals surface area contributed by atoms with Crippen LogP contribution in [0, 0.1) is 0 Å². The molecule has 0 radical (unpaired) electrons. The van der Waals surface area contributed by atoms with Crippen molar-refractivity contribution in [3.63, 3.8) is 0 Å². The number of nitrogens with zero attached hydrogens (tertiary/aromatic N) is 2. The Kier molecular flexibility index (Phi) is 24.4. The van der Waals surface area contributed by atoms with Crippen molar-refractivity contribution in [2.45, 2.75) is 132 Å². The summed E-state index contributed by atoms with van der Waals surface area (Å²) >= 11 is 8.35. The Labute approximate surface area is 426 Å². The van der Waals surface area contributed by atoms with Gasteiger partial charge in [0.15, 0.2) is 5.96 Å². The van der Waals surface area contributed by atoms with Crippen LogP contribution in [0.1, 0.15) is 89.0 Å². The van der Waals surface area contributed by atoms with Crippen molar-refractivity contribution in [2.75, 3.05) is 31.1 Å². The molecular weight excluding hydrogens is 981 g/mol. The smallest absolute Gasteiger partial charge is 0.246 e. The van der Waals surface area contributed by atoms with Crippen LogP contribution in [0.5, 0.6) is 5.75 Å². The molecule has 6 atom stereocenters. The Bertz CT molecular complexity index is 2160. The van der Waals surface area contributed by atoms with E-state index < -0.39 is 133 Å². The zero-order valence-corrected chi connectivity index (χ0v) is 41.6. The predicted octanol–water partition coefficient (Wildman–Crippen LogP) is -4.79. The average molecular weight is 1050 g/mol. The van der Waals surface area contributed by atoms with Crippen molar-refractivity contribution in [2.24, 2.45) is 33.7 Å². The lowest BCUT2D eigenvalue weighted by molar-refractivity contribution is -0.142. The molecule has 3 rings (SSSR count). The fourth-order valence-electron chi connectivity index (χ4n) is 8.17. The first kappa shape index (κ1) is 59.5. The van der Waals surface area contributed by atoms with E-state index in [2.05, 4.69) is 67.5 Å². The molecule has 1 aliphatic carbocycles. The van der Waals surface area contributed by atoms with Crippen LogP contribution >= 0.6 is 25.3 Å². The number of amides is 11. The molecule has 1 aliphatic heterocycles. The van der Waals surface area contributed by atoms with Crippen LogP contribution in [0.25, 0.3) is 0 Å². The Morgan fingerprint density at radius 1 is 0.694 bits per heavy atom. The topological polar surface area (TPSA) is 438 Å². The molecule has 0 aromatic heterocycles. The van der Waals surface area contributed by atoms with Crippen molar-refractivity contribution in [3.8, 4) is 5.75 Å². The summed E-state index contributed by atoms with van der Waals surface area (Å²) in [5.74, 6) is -9.51. The van der Waals surface area contributed by atoms with Gasteiger partial charge in [-0.15, -0.1) is 0 Å². The Morgan fingerprint density at radius 3 is 1.93 bits per heavy atom. The molecule has 18 N–H and O–H groups in total. The second-order valence-electron chi connectivity index (χ2n) is 17.5. The van der Waals surface area contributed by atoms with Gasteiger partial charge in [-0.3, -0.25) is 57.7 Å². The quantitative estimate of drug-likeness (QED) is 0.0155. The average Bonchev–Trinajstić information content (AvgIpc) is 3.82. The Morgan fingerprint density at radius 2 is 1.33 bits per heavy atom. The summed E-state index contributed by atoms with van der Waals surface area (Å²) in [7, 11) is 0. The fraction of sp³-hybridized carbons (Fsp3) is 0.591. The summed E-state index contributed by atoms with van der Waals surface area (Å²) in [5, 5.41) is 27.6. The molecule has 11 amide bonds. The van der Waals surface area contributed by atoms with Gasteiger partial charge in [-0.05, 0) is 68.4 Å². The molecule has 0 spiro atoms. The summed E-state index contributed by atoms with van der Waals surface area (Å²) in [6, 6.07) is -2.34. The van der Waals surface area contributed by atoms with E-state index in [1.54, 1.807) is 12.1 Å². The number of nitrogens with two attached hydrogens (primary N) is 5. The standard InChI is InChI=1S/C44H68N14O12S2/c45-32(60)13-12-27(56-42(70)44(15-2-1-3-16-44)57-39(67)28(52-35(63)14-19-71)20-24-8-10-25(59)11-9-24)37(65)54-29(21-33(46)61)38(66)55-30(23-72)41(69)58-18-5-7-31(58)40(68)53-26(6-4-17-50-43(48)49)36(64)51-22-34(47)62/h8-11,26-31,59,71-72H,1-7,12-23H2,(H2,45,60)(H2,46,61)(H2,47,62)(H,51,64)(H,52,63)(H,53,68)(H,54,65)(H,55,66)(H,56,70)(H,57,67)(H4,48,49,50)/t26-,27+,28+,29+,30+,31+/m1/s1. The summed E-state index contributed by atoms with van der Waals surface area (Å²) in [4.78, 5) is 150. The van der Waals surface area contributed by atoms with Crippen LogP contribution in [0.3, 0.4) is 0 Å². The molecule has 1 saturated carbocycles. The zero-order valence-electron chi connectivity index (χ0n) is 39.8. The minimum atomic E-state index is -1.76. The molecule has 1 heterocycles. The van der Waals surface area contributed by atoms with Crippen LogP contribution in [-0.2, 0) is 59.2 Å². The molecule has 1 aromatic carbocycles. The number of guanidine groups is 1. The van der Waals surface area contributed by atoms with Crippen LogP contribution in [0.2, 0.25) is 0 Å². The zero-order chi connectivity index (χ0) is 53.5. The number of hydrogen-bond donors (Lipinski definition) is 15. The number of phenolic OH excluding ortho intramolecular Hbond substituents is 1. The summed E-state index contributed by atoms with van der Waals surface area (Å²) in [6.45, 7) is -0.350. The highest BCUT2D eigenvalue weighted by molar-refractivity contribution is 7.80. The van der Waals surface area contributed by atoms with Gasteiger partial charge in [-0.25, -0.2) is 0 Å². The molecule has 398 valence electrons. The first-order valence-electron chi connectivity index (χ1n) is 23.4. The highest BCUT2D eigenvalue weighted by atomic mass is 32.1. The third-order valence-electron chi connectivity index (χ3n) is 11.9. The number of phenols is 1. The molecule has 1 aromatic rings. The van der Waals surface area contributed by atoms with Crippen molar-refractivity contribution in [1.29, 1.82) is 0 Å². The lowest BCUT2D eigenvalue weighted by Crippen LogP contribution is -2.65. The maximum absolute atomic E-state index is 14.4. The van der Waals surface area contributed by atoms with E-state index in [0.29, 0.717) is 31.2 Å². The third-order valence-corrected chi connectivity index (χ3v) is 12.5. The fourth-order valence-corrected chi connectivity index (χ4v) is 8.62. The summed E-state index contributed by atoms with van der Waals surface area (Å²) in [5.41, 5.74) is 25.8. The van der Waals surface area contributed by atoms with Gasteiger partial charge in [-0.1, -0.05) is 31.4 Å². The van der Waals surface area contributed by atoms with Crippen molar-refractivity contribution in [1.82, 2.24) is 42.1 Å². The molecule has 0 bridgehead atoms. The number of likely N-dealkylation sites (tertiary alicyclic amines) is 1. The van der Waals surface area contributed by atoms with E-state index in [0.717, 1.165) is 0 Å². The van der Waals surface area contributed by atoms with Crippen LogP contribution in [-0.4, -0.2) is 154 Å². The van der Waals surface area contributed by atoms with Gasteiger partial charge in [-0.2, -0.15) is 25.3 Å². The molecule has 2 fully saturated rings. The molecule has 28 heteroatoms. The van der Waals surface area contributed by atoms with E-state index in [-0.39, 0.29) is 81.3 Å². The third kappa shape index (κ3) is 19.4. The number of hydrogen-bond acceptors (Lipinski definition) is 15. The lowest BCUT2D eigenvalue weighted by atomic mass is 9.80. The minimum absolute atomic E-state index is 0.0147. The van der Waals surface area contributed by atoms with Gasteiger partial charge in [0.25, 0.3) is 0 Å². The van der Waals surface area contributed by atoms with Crippen molar-refractivity contribution < 1.29 is 57.8 Å². The Hall–Kier alpha value is -6.84. The largest absolute Gasteiger partial charge is 0.508 e. The van der Waals surface area contributed by atoms with Crippen LogP contribution in [0.4, 0.5) is 0 Å². The number of carbonyl (C=O) groups excluding carboxylic acids is 11. The maximum Gasteiger partial charge on any atom is 0.246 e. The number of carbonyl (C=O) groups is 11. The summed E-state index contributed by atoms with van der Waals surface area (Å²) in [6.07, 6.45) is 0.988. The highest BCUT2D eigenvalue weighted by Gasteiger charge is 2.44. The number of aromatic hydroxyl groups is 1. The van der Waals surface area contributed by atoms with Gasteiger partial charge in [0, 0.05) is 38.1 Å². The SMILES string of the molecule is NC(=O)CC[C@H](NC(=O)C1(NC(=O)[C@H](Cc2ccc(O)cc2)NC(=O)CCS)CCCCC1)C(=O)N[C@@H](CC(N)=O)C(=O)N[C@@H](CS)C(=O)N1CCC[C@H]1C(=O)N[C@H](CCCN=C(N)N)C(=O)NCC(N)=O. The lowest BCUT2D eigenvalue weighted by Gasteiger charge is -2.38. The first-order valence-corrected chi connectivity index (χ1v) is 24.7. The molecule has 26 nitrogen and oxygen atoms in total. The van der Waals surface area contributed by atoms with E-state index in [9.17, 15) is 57.8 Å². The summed E-state index contributed by atoms with van der Waals surface area (Å²) < 4.78 is 0. The Balaban J connectivity index is 1.82. The number of nitrogens with one attached hydrogen (secondary N) is 7. The van der Waals surface area contributed by atoms with E-state index in [1.165, 1.54) is 17.0 Å². The predicted molar refractivity (Wildman–Crippen MR) is 267 cm³/mol. The van der Waals surface area contributed by atoms with Gasteiger partial charge in [0.05, 0.1) is 13.0 Å². The normalized spacial score (nSPS) is 17.0. The highest BCUT2D eigenvalue weighted by Crippen LogP contribution is 2.29. The second-order valence-corrected chi connectivity index (χ2v) is 18.3. The maximum atomic E-state index is 14.4. The van der Waals surface area contributed by atoms with Crippen molar-refractivity contribution in [3.05, 3.63) is 29.8 Å². The van der Waals surface area contributed by atoms with Crippen LogP contribution < -0.4 is 65.9 Å². The van der Waals surface area contributed by atoms with Gasteiger partial charge in [0.2, 0.25) is 65.0 Å². The number of aliphatic imine (C=N–C) groups is 1. The van der Waals surface area contributed by atoms with Gasteiger partial charge >= 0.3 is 0 Å². The minimum Gasteiger partial charge on any atom is -0.508 e. The number of primary amides is 3. The molecule has 2 aliphatic rings. The van der Waals surface area contributed by atoms with E-state index >= 15 is 0 Å². The van der Waals surface area contributed by atoms with Crippen LogP contribution in [0.15, 0.2) is 29.3 Å². The second kappa shape index (κ2) is 29.5. The first-order chi connectivity index (χ1) is 34.1. The molecule has 1 saturated heterocycles. The molecule has 72 heavy (non-hydrogen) atoms. The number of thiol groups is 2. The van der Waals surface area contributed by atoms with Crippen molar-refractivity contribution >= 4 is 96.2 Å². The van der Waals surface area contributed by atoms with Gasteiger partial charge < -0.3 is 75.9 Å². The number of benzene rings is 1. The van der Waals surface area contributed by atoms with E-state index in [1.807, 2.05) is 0 Å². The molecular formula is C44H68N14O12S2. The number of rotatable bonds is 29. The van der Waals surface area contributed by atoms with E-state index in [4.69, 9.17) is 28.7 Å².